The molecular formula is C17H33NO. The summed E-state index contributed by atoms with van der Waals surface area (Å²) in [6.07, 6.45) is 6.68. The Morgan fingerprint density at radius 1 is 1.11 bits per heavy atom. The molecule has 2 heteroatoms. The summed E-state index contributed by atoms with van der Waals surface area (Å²) < 4.78 is 0. The van der Waals surface area contributed by atoms with Crippen molar-refractivity contribution in [2.45, 2.75) is 78.7 Å². The van der Waals surface area contributed by atoms with Crippen molar-refractivity contribution in [3.63, 3.8) is 0 Å². The van der Waals surface area contributed by atoms with Gasteiger partial charge in [0.15, 0.2) is 5.78 Å². The van der Waals surface area contributed by atoms with E-state index in [1.807, 2.05) is 0 Å². The van der Waals surface area contributed by atoms with Crippen LogP contribution in [0, 0.1) is 11.8 Å². The van der Waals surface area contributed by atoms with Crippen LogP contribution in [0.5, 0.6) is 0 Å². The summed E-state index contributed by atoms with van der Waals surface area (Å²) >= 11 is 0. The Morgan fingerprint density at radius 3 is 2.11 bits per heavy atom. The molecule has 112 valence electrons. The molecule has 0 radical (unpaired) electrons. The van der Waals surface area contributed by atoms with Crippen molar-refractivity contribution in [3.8, 4) is 0 Å². The normalized spacial score (nSPS) is 24.7. The van der Waals surface area contributed by atoms with Gasteiger partial charge in [0.05, 0.1) is 5.54 Å². The minimum Gasteiger partial charge on any atom is -0.297 e. The van der Waals surface area contributed by atoms with Gasteiger partial charge in [-0.15, -0.1) is 0 Å². The smallest absolute Gasteiger partial charge is 0.156 e. The first-order valence-corrected chi connectivity index (χ1v) is 8.34. The van der Waals surface area contributed by atoms with Crippen molar-refractivity contribution in [3.05, 3.63) is 0 Å². The number of carbonyl (C=O) groups is 1. The van der Waals surface area contributed by atoms with Crippen LogP contribution in [0.25, 0.3) is 0 Å². The fraction of sp³-hybridized carbons (Fsp3) is 0.941. The number of likely N-dealkylation sites (N-methyl/N-ethyl adjacent to an activating group) is 1. The molecule has 19 heavy (non-hydrogen) atoms. The summed E-state index contributed by atoms with van der Waals surface area (Å²) in [4.78, 5) is 15.5. The predicted molar refractivity (Wildman–Crippen MR) is 82.4 cm³/mol. The van der Waals surface area contributed by atoms with Crippen LogP contribution in [-0.2, 0) is 4.79 Å². The summed E-state index contributed by atoms with van der Waals surface area (Å²) in [6, 6.07) is 0. The first kappa shape index (κ1) is 16.7. The molecule has 0 N–H and O–H groups in total. The van der Waals surface area contributed by atoms with Gasteiger partial charge < -0.3 is 0 Å². The Labute approximate surface area is 119 Å². The van der Waals surface area contributed by atoms with E-state index >= 15 is 0 Å². The van der Waals surface area contributed by atoms with Gasteiger partial charge in [-0.1, -0.05) is 47.5 Å². The molecule has 2 nitrogen and oxygen atoms in total. The maximum absolute atomic E-state index is 13.1. The lowest BCUT2D eigenvalue weighted by atomic mass is 9.72. The monoisotopic (exact) mass is 267 g/mol. The van der Waals surface area contributed by atoms with Crippen molar-refractivity contribution >= 4 is 5.78 Å². The second kappa shape index (κ2) is 7.42. The molecule has 1 aliphatic rings. The van der Waals surface area contributed by atoms with E-state index in [4.69, 9.17) is 0 Å². The number of hydrogen-bond acceptors (Lipinski definition) is 2. The second-order valence-corrected chi connectivity index (χ2v) is 6.24. The van der Waals surface area contributed by atoms with Crippen molar-refractivity contribution in [2.75, 3.05) is 13.1 Å². The fourth-order valence-corrected chi connectivity index (χ4v) is 4.08. The molecule has 0 aromatic carbocycles. The van der Waals surface area contributed by atoms with Gasteiger partial charge in [-0.25, -0.2) is 0 Å². The highest BCUT2D eigenvalue weighted by molar-refractivity contribution is 5.90. The zero-order valence-corrected chi connectivity index (χ0v) is 13.7. The molecule has 0 saturated heterocycles. The molecule has 1 fully saturated rings. The summed E-state index contributed by atoms with van der Waals surface area (Å²) in [7, 11) is 0. The third-order valence-electron chi connectivity index (χ3n) is 5.30. The quantitative estimate of drug-likeness (QED) is 0.686. The molecule has 0 aliphatic heterocycles. The summed E-state index contributed by atoms with van der Waals surface area (Å²) in [6.45, 7) is 13.0. The maximum Gasteiger partial charge on any atom is 0.156 e. The Hall–Kier alpha value is -0.370. The van der Waals surface area contributed by atoms with Gasteiger partial charge in [0.25, 0.3) is 0 Å². The van der Waals surface area contributed by atoms with Crippen LogP contribution in [0.3, 0.4) is 0 Å². The van der Waals surface area contributed by atoms with Gasteiger partial charge in [-0.3, -0.25) is 9.69 Å². The number of carbonyl (C=O) groups excluding carboxylic acids is 1. The average Bonchev–Trinajstić information content (AvgIpc) is 2.44. The third kappa shape index (κ3) is 3.39. The van der Waals surface area contributed by atoms with E-state index in [9.17, 15) is 4.79 Å². The standard InChI is InChI=1S/C17H33NO/c1-6-17(7-2,18(8-3)9-4)16(19)15-12-10-11-14(5)13-15/h14-15H,6-13H2,1-5H3. The highest BCUT2D eigenvalue weighted by atomic mass is 16.1. The number of rotatable bonds is 7. The Balaban J connectivity index is 2.93. The lowest BCUT2D eigenvalue weighted by Gasteiger charge is -2.44. The predicted octanol–water partition coefficient (Wildman–Crippen LogP) is 4.28. The van der Waals surface area contributed by atoms with Crippen molar-refractivity contribution < 1.29 is 4.79 Å². The molecule has 0 spiro atoms. The molecule has 0 aromatic rings. The highest BCUT2D eigenvalue weighted by Gasteiger charge is 2.43. The Bertz CT molecular complexity index is 279. The first-order valence-electron chi connectivity index (χ1n) is 8.34. The minimum absolute atomic E-state index is 0.203. The molecule has 0 amide bonds. The van der Waals surface area contributed by atoms with E-state index in [2.05, 4.69) is 39.5 Å². The second-order valence-electron chi connectivity index (χ2n) is 6.24. The number of hydrogen-bond donors (Lipinski definition) is 0. The van der Waals surface area contributed by atoms with Crippen molar-refractivity contribution in [2.24, 2.45) is 11.8 Å². The molecule has 1 saturated carbocycles. The van der Waals surface area contributed by atoms with Crippen LogP contribution in [0.2, 0.25) is 0 Å². The fourth-order valence-electron chi connectivity index (χ4n) is 4.08. The summed E-state index contributed by atoms with van der Waals surface area (Å²) in [5, 5.41) is 0. The minimum atomic E-state index is -0.203. The molecule has 2 atom stereocenters. The van der Waals surface area contributed by atoms with Crippen LogP contribution in [0.1, 0.15) is 73.1 Å². The van der Waals surface area contributed by atoms with Crippen molar-refractivity contribution in [1.82, 2.24) is 4.90 Å². The van der Waals surface area contributed by atoms with E-state index in [-0.39, 0.29) is 5.54 Å². The number of ketones is 1. The van der Waals surface area contributed by atoms with Gasteiger partial charge in [0.1, 0.15) is 0 Å². The highest BCUT2D eigenvalue weighted by Crippen LogP contribution is 2.36. The molecule has 2 unspecified atom stereocenters. The SMILES string of the molecule is CCN(CC)C(CC)(CC)C(=O)C1CCCC(C)C1. The van der Waals surface area contributed by atoms with Gasteiger partial charge in [-0.2, -0.15) is 0 Å². The van der Waals surface area contributed by atoms with Crippen LogP contribution >= 0.6 is 0 Å². The summed E-state index contributed by atoms with van der Waals surface area (Å²) in [5.74, 6) is 1.57. The third-order valence-corrected chi connectivity index (χ3v) is 5.30. The number of Topliss-reactive ketones (excluding diaryl/α,β-unsaturated/α-hetero) is 1. The van der Waals surface area contributed by atoms with Gasteiger partial charge in [0, 0.05) is 5.92 Å². The zero-order valence-electron chi connectivity index (χ0n) is 13.7. The van der Waals surface area contributed by atoms with Gasteiger partial charge in [0.2, 0.25) is 0 Å². The Morgan fingerprint density at radius 2 is 1.68 bits per heavy atom. The molecular weight excluding hydrogens is 234 g/mol. The molecule has 0 bridgehead atoms. The van der Waals surface area contributed by atoms with Gasteiger partial charge >= 0.3 is 0 Å². The largest absolute Gasteiger partial charge is 0.297 e. The van der Waals surface area contributed by atoms with Crippen molar-refractivity contribution in [1.29, 1.82) is 0 Å². The van der Waals surface area contributed by atoms with E-state index < -0.39 is 0 Å². The van der Waals surface area contributed by atoms with Crippen LogP contribution in [0.15, 0.2) is 0 Å². The van der Waals surface area contributed by atoms with E-state index in [0.29, 0.717) is 11.7 Å². The molecule has 0 aromatic heterocycles. The van der Waals surface area contributed by atoms with Crippen LogP contribution in [-0.4, -0.2) is 29.3 Å². The van der Waals surface area contributed by atoms with E-state index in [1.54, 1.807) is 0 Å². The maximum atomic E-state index is 13.1. The lowest BCUT2D eigenvalue weighted by molar-refractivity contribution is -0.137. The van der Waals surface area contributed by atoms with E-state index in [0.717, 1.165) is 44.7 Å². The van der Waals surface area contributed by atoms with Gasteiger partial charge in [-0.05, 0) is 44.7 Å². The first-order chi connectivity index (χ1) is 9.05. The molecule has 1 rings (SSSR count). The summed E-state index contributed by atoms with van der Waals surface area (Å²) in [5.41, 5.74) is -0.203. The molecule has 1 aliphatic carbocycles. The molecule has 0 heterocycles. The average molecular weight is 267 g/mol. The lowest BCUT2D eigenvalue weighted by Crippen LogP contribution is -2.56. The van der Waals surface area contributed by atoms with Crippen LogP contribution in [0.4, 0.5) is 0 Å². The Kier molecular flexibility index (Phi) is 6.52. The number of nitrogens with zero attached hydrogens (tertiary/aromatic N) is 1. The van der Waals surface area contributed by atoms with E-state index in [1.165, 1.54) is 12.8 Å². The topological polar surface area (TPSA) is 20.3 Å². The van der Waals surface area contributed by atoms with Crippen LogP contribution < -0.4 is 0 Å². The zero-order chi connectivity index (χ0) is 14.5.